The molecule has 3 rings (SSSR count). The van der Waals surface area contributed by atoms with E-state index in [1.54, 1.807) is 17.0 Å². The average Bonchev–Trinajstić information content (AvgIpc) is 2.68. The molecule has 2 aromatic rings. The van der Waals surface area contributed by atoms with E-state index in [0.717, 1.165) is 16.8 Å². The summed E-state index contributed by atoms with van der Waals surface area (Å²) in [6.07, 6.45) is 0. The van der Waals surface area contributed by atoms with E-state index in [-0.39, 0.29) is 24.2 Å². The lowest BCUT2D eigenvalue weighted by atomic mass is 10.1. The van der Waals surface area contributed by atoms with Crippen LogP contribution in [0.3, 0.4) is 0 Å². The highest BCUT2D eigenvalue weighted by molar-refractivity contribution is 5.98. The van der Waals surface area contributed by atoms with Gasteiger partial charge in [0.2, 0.25) is 11.8 Å². The van der Waals surface area contributed by atoms with Crippen molar-refractivity contribution >= 4 is 23.2 Å². The maximum absolute atomic E-state index is 14.0. The molecule has 1 heterocycles. The van der Waals surface area contributed by atoms with Crippen molar-refractivity contribution in [2.75, 3.05) is 42.5 Å². The SMILES string of the molecule is CC(=O)N(CC(=O)N1CCN(c2ccccc2F)CC1)c1cc(C)ccc1C. The Morgan fingerprint density at radius 2 is 1.71 bits per heavy atom. The number of hydrogen-bond acceptors (Lipinski definition) is 3. The van der Waals surface area contributed by atoms with Crippen molar-refractivity contribution in [2.24, 2.45) is 0 Å². The van der Waals surface area contributed by atoms with Crippen LogP contribution >= 0.6 is 0 Å². The highest BCUT2D eigenvalue weighted by Gasteiger charge is 2.25. The Balaban J connectivity index is 1.66. The van der Waals surface area contributed by atoms with Crippen molar-refractivity contribution in [1.82, 2.24) is 4.90 Å². The lowest BCUT2D eigenvalue weighted by Gasteiger charge is -2.37. The predicted molar refractivity (Wildman–Crippen MR) is 109 cm³/mol. The highest BCUT2D eigenvalue weighted by atomic mass is 19.1. The number of rotatable bonds is 4. The van der Waals surface area contributed by atoms with Gasteiger partial charge in [-0.15, -0.1) is 0 Å². The maximum atomic E-state index is 14.0. The predicted octanol–water partition coefficient (Wildman–Crippen LogP) is 3.14. The van der Waals surface area contributed by atoms with Gasteiger partial charge in [-0.25, -0.2) is 4.39 Å². The van der Waals surface area contributed by atoms with E-state index in [4.69, 9.17) is 0 Å². The van der Waals surface area contributed by atoms with Crippen molar-refractivity contribution in [3.63, 3.8) is 0 Å². The van der Waals surface area contributed by atoms with Gasteiger partial charge >= 0.3 is 0 Å². The first-order valence-corrected chi connectivity index (χ1v) is 9.49. The van der Waals surface area contributed by atoms with Crippen LogP contribution in [0.25, 0.3) is 0 Å². The van der Waals surface area contributed by atoms with Crippen molar-refractivity contribution in [2.45, 2.75) is 20.8 Å². The first kappa shape index (κ1) is 19.9. The van der Waals surface area contributed by atoms with Gasteiger partial charge < -0.3 is 14.7 Å². The van der Waals surface area contributed by atoms with Crippen LogP contribution in [0.4, 0.5) is 15.8 Å². The van der Waals surface area contributed by atoms with E-state index in [1.165, 1.54) is 17.9 Å². The standard InChI is InChI=1S/C22H26FN3O2/c1-16-8-9-17(2)21(14-16)26(18(3)27)15-22(28)25-12-10-24(11-13-25)20-7-5-4-6-19(20)23/h4-9,14H,10-13,15H2,1-3H3. The molecular weight excluding hydrogens is 357 g/mol. The Kier molecular flexibility index (Phi) is 5.97. The number of para-hydroxylation sites is 1. The molecule has 0 spiro atoms. The molecule has 2 amide bonds. The van der Waals surface area contributed by atoms with Crippen LogP contribution in [0.1, 0.15) is 18.1 Å². The monoisotopic (exact) mass is 383 g/mol. The first-order chi connectivity index (χ1) is 13.4. The van der Waals surface area contributed by atoms with Crippen LogP contribution in [-0.2, 0) is 9.59 Å². The fraction of sp³-hybridized carbons (Fsp3) is 0.364. The number of carbonyl (C=O) groups is 2. The summed E-state index contributed by atoms with van der Waals surface area (Å²) in [4.78, 5) is 30.3. The summed E-state index contributed by atoms with van der Waals surface area (Å²) in [5.41, 5.74) is 3.33. The van der Waals surface area contributed by atoms with Crippen LogP contribution in [-0.4, -0.2) is 49.4 Å². The second-order valence-corrected chi connectivity index (χ2v) is 7.21. The van der Waals surface area contributed by atoms with Gasteiger partial charge in [0, 0.05) is 38.8 Å². The molecule has 5 nitrogen and oxygen atoms in total. The summed E-state index contributed by atoms with van der Waals surface area (Å²) in [6, 6.07) is 12.6. The van der Waals surface area contributed by atoms with Crippen molar-refractivity contribution < 1.29 is 14.0 Å². The van der Waals surface area contributed by atoms with Crippen LogP contribution in [0.15, 0.2) is 42.5 Å². The third-order valence-corrected chi connectivity index (χ3v) is 5.15. The first-order valence-electron chi connectivity index (χ1n) is 9.49. The van der Waals surface area contributed by atoms with Gasteiger partial charge in [-0.3, -0.25) is 9.59 Å². The van der Waals surface area contributed by atoms with E-state index in [9.17, 15) is 14.0 Å². The molecule has 6 heteroatoms. The number of piperazine rings is 1. The van der Waals surface area contributed by atoms with Gasteiger partial charge in [0.15, 0.2) is 0 Å². The summed E-state index contributed by atoms with van der Waals surface area (Å²) in [6.45, 7) is 7.53. The van der Waals surface area contributed by atoms with E-state index >= 15 is 0 Å². The van der Waals surface area contributed by atoms with Crippen LogP contribution < -0.4 is 9.80 Å². The Morgan fingerprint density at radius 3 is 2.36 bits per heavy atom. The Morgan fingerprint density at radius 1 is 1.04 bits per heavy atom. The Labute approximate surface area is 165 Å². The zero-order valence-corrected chi connectivity index (χ0v) is 16.6. The van der Waals surface area contributed by atoms with Crippen molar-refractivity contribution in [1.29, 1.82) is 0 Å². The summed E-state index contributed by atoms with van der Waals surface area (Å²) in [5.74, 6) is -0.503. The molecule has 0 unspecified atom stereocenters. The molecule has 0 aromatic heterocycles. The second kappa shape index (κ2) is 8.42. The zero-order chi connectivity index (χ0) is 20.3. The van der Waals surface area contributed by atoms with Crippen LogP contribution in [0, 0.1) is 19.7 Å². The number of halogens is 1. The number of amides is 2. The minimum absolute atomic E-state index is 0.0132. The topological polar surface area (TPSA) is 43.9 Å². The summed E-state index contributed by atoms with van der Waals surface area (Å²) in [7, 11) is 0. The minimum Gasteiger partial charge on any atom is -0.366 e. The number of aryl methyl sites for hydroxylation is 2. The summed E-state index contributed by atoms with van der Waals surface area (Å²) >= 11 is 0. The van der Waals surface area contributed by atoms with Gasteiger partial charge in [0.1, 0.15) is 12.4 Å². The molecule has 1 aliphatic heterocycles. The fourth-order valence-corrected chi connectivity index (χ4v) is 3.52. The lowest BCUT2D eigenvalue weighted by Crippen LogP contribution is -2.52. The molecule has 1 aliphatic rings. The number of anilines is 2. The molecule has 2 aromatic carbocycles. The van der Waals surface area contributed by atoms with Crippen LogP contribution in [0.5, 0.6) is 0 Å². The third-order valence-electron chi connectivity index (χ3n) is 5.15. The normalized spacial score (nSPS) is 14.1. The van der Waals surface area contributed by atoms with Crippen molar-refractivity contribution in [3.8, 4) is 0 Å². The van der Waals surface area contributed by atoms with E-state index in [1.807, 2.05) is 43.0 Å². The van der Waals surface area contributed by atoms with E-state index < -0.39 is 0 Å². The molecular formula is C22H26FN3O2. The van der Waals surface area contributed by atoms with Gasteiger partial charge in [0.05, 0.1) is 5.69 Å². The molecule has 0 bridgehead atoms. The maximum Gasteiger partial charge on any atom is 0.242 e. The zero-order valence-electron chi connectivity index (χ0n) is 16.6. The Bertz CT molecular complexity index is 876. The molecule has 148 valence electrons. The molecule has 1 fully saturated rings. The second-order valence-electron chi connectivity index (χ2n) is 7.21. The van der Waals surface area contributed by atoms with Gasteiger partial charge in [-0.2, -0.15) is 0 Å². The number of benzene rings is 2. The molecule has 0 radical (unpaired) electrons. The average molecular weight is 383 g/mol. The fourth-order valence-electron chi connectivity index (χ4n) is 3.52. The summed E-state index contributed by atoms with van der Waals surface area (Å²) < 4.78 is 14.0. The quantitative estimate of drug-likeness (QED) is 0.815. The van der Waals surface area contributed by atoms with E-state index in [0.29, 0.717) is 31.9 Å². The number of carbonyl (C=O) groups excluding carboxylic acids is 2. The Hall–Kier alpha value is -2.89. The highest BCUT2D eigenvalue weighted by Crippen LogP contribution is 2.23. The molecule has 28 heavy (non-hydrogen) atoms. The molecule has 0 saturated carbocycles. The van der Waals surface area contributed by atoms with Gasteiger partial charge in [0.25, 0.3) is 0 Å². The molecule has 0 atom stereocenters. The minimum atomic E-state index is -0.250. The molecule has 0 N–H and O–H groups in total. The largest absolute Gasteiger partial charge is 0.366 e. The smallest absolute Gasteiger partial charge is 0.242 e. The summed E-state index contributed by atoms with van der Waals surface area (Å²) in [5, 5.41) is 0. The van der Waals surface area contributed by atoms with E-state index in [2.05, 4.69) is 0 Å². The van der Waals surface area contributed by atoms with Crippen molar-refractivity contribution in [3.05, 3.63) is 59.4 Å². The number of nitrogens with zero attached hydrogens (tertiary/aromatic N) is 3. The van der Waals surface area contributed by atoms with Gasteiger partial charge in [-0.1, -0.05) is 24.3 Å². The van der Waals surface area contributed by atoms with Crippen LogP contribution in [0.2, 0.25) is 0 Å². The number of hydrogen-bond donors (Lipinski definition) is 0. The van der Waals surface area contributed by atoms with Gasteiger partial charge in [-0.05, 0) is 43.2 Å². The molecule has 1 saturated heterocycles. The molecule has 0 aliphatic carbocycles. The third kappa shape index (κ3) is 4.32. The lowest BCUT2D eigenvalue weighted by molar-refractivity contribution is -0.131.